The number of hydrogen-bond donors (Lipinski definition) is 0. The maximum Gasteiger partial charge on any atom is 0.164 e. The van der Waals surface area contributed by atoms with E-state index in [4.69, 9.17) is 29.9 Å². The van der Waals surface area contributed by atoms with Gasteiger partial charge in [0.1, 0.15) is 0 Å². The molecule has 0 bridgehead atoms. The van der Waals surface area contributed by atoms with Crippen LogP contribution in [0.2, 0.25) is 0 Å². The highest BCUT2D eigenvalue weighted by atomic mass is 32.1. The van der Waals surface area contributed by atoms with E-state index in [1.54, 1.807) is 0 Å². The fourth-order valence-electron chi connectivity index (χ4n) is 6.88. The van der Waals surface area contributed by atoms with Gasteiger partial charge in [-0.3, -0.25) is 0 Å². The van der Waals surface area contributed by atoms with Gasteiger partial charge in [-0.2, -0.15) is 0 Å². The molecule has 10 rings (SSSR count). The van der Waals surface area contributed by atoms with E-state index in [9.17, 15) is 0 Å². The highest BCUT2D eigenvalue weighted by Gasteiger charge is 2.20. The van der Waals surface area contributed by atoms with Gasteiger partial charge in [-0.05, 0) is 35.4 Å². The van der Waals surface area contributed by atoms with E-state index in [0.717, 1.165) is 44.5 Å². The summed E-state index contributed by atoms with van der Waals surface area (Å²) in [5.41, 5.74) is 7.35. The normalized spacial score (nSPS) is 11.3. The lowest BCUT2D eigenvalue weighted by Gasteiger charge is -2.14. The predicted molar refractivity (Wildman–Crippen MR) is 224 cm³/mol. The molecule has 0 spiro atoms. The van der Waals surface area contributed by atoms with Crippen molar-refractivity contribution in [3.63, 3.8) is 0 Å². The third-order valence-electron chi connectivity index (χ3n) is 9.61. The predicted octanol–water partition coefficient (Wildman–Crippen LogP) is 12.1. The Kier molecular flexibility index (Phi) is 8.24. The molecule has 10 aromatic rings. The summed E-state index contributed by atoms with van der Waals surface area (Å²) >= 11 is 1.81. The highest BCUT2D eigenvalue weighted by Crippen LogP contribution is 2.40. The van der Waals surface area contributed by atoms with Crippen LogP contribution < -0.4 is 0 Å². The first kappa shape index (κ1) is 32.4. The summed E-state index contributed by atoms with van der Waals surface area (Å²) in [5.74, 6) is 3.50. The van der Waals surface area contributed by atoms with Crippen LogP contribution in [-0.2, 0) is 0 Å². The Bertz CT molecular complexity index is 2850. The maximum atomic E-state index is 5.18. The molecule has 3 aromatic heterocycles. The molecule has 258 valence electrons. The molecule has 0 aliphatic carbocycles. The van der Waals surface area contributed by atoms with Gasteiger partial charge in [-0.15, -0.1) is 11.3 Å². The Morgan fingerprint density at radius 1 is 0.255 bits per heavy atom. The van der Waals surface area contributed by atoms with Crippen molar-refractivity contribution in [1.29, 1.82) is 0 Å². The van der Waals surface area contributed by atoms with E-state index in [0.29, 0.717) is 34.9 Å². The maximum absolute atomic E-state index is 5.18. The number of thiophene rings is 1. The number of hydrogen-bond acceptors (Lipinski definition) is 7. The van der Waals surface area contributed by atoms with Gasteiger partial charge in [0.25, 0.3) is 0 Å². The van der Waals surface area contributed by atoms with Crippen LogP contribution in [0.15, 0.2) is 182 Å². The molecule has 0 atom stereocenters. The van der Waals surface area contributed by atoms with Gasteiger partial charge in [-0.1, -0.05) is 158 Å². The number of nitrogens with zero attached hydrogens (tertiary/aromatic N) is 6. The Labute approximate surface area is 321 Å². The molecular weight excluding hydrogens is 693 g/mol. The van der Waals surface area contributed by atoms with Crippen molar-refractivity contribution in [3.05, 3.63) is 182 Å². The molecular formula is C48H30N6S. The van der Waals surface area contributed by atoms with Crippen LogP contribution in [0.1, 0.15) is 0 Å². The summed E-state index contributed by atoms with van der Waals surface area (Å²) in [5, 5.41) is 2.46. The van der Waals surface area contributed by atoms with Crippen molar-refractivity contribution in [3.8, 4) is 79.5 Å². The first-order chi connectivity index (χ1) is 27.2. The van der Waals surface area contributed by atoms with Gasteiger partial charge in [0, 0.05) is 53.6 Å². The Morgan fingerprint density at radius 3 is 1.16 bits per heavy atom. The van der Waals surface area contributed by atoms with E-state index in [-0.39, 0.29) is 0 Å². The molecule has 0 saturated heterocycles. The number of rotatable bonds is 7. The Hall–Kier alpha value is -7.22. The van der Waals surface area contributed by atoms with E-state index in [1.807, 2.05) is 133 Å². The van der Waals surface area contributed by atoms with Gasteiger partial charge in [0.05, 0.1) is 0 Å². The van der Waals surface area contributed by atoms with Crippen LogP contribution in [0.5, 0.6) is 0 Å². The minimum Gasteiger partial charge on any atom is -0.208 e. The summed E-state index contributed by atoms with van der Waals surface area (Å²) in [6.07, 6.45) is 0. The third-order valence-corrected chi connectivity index (χ3v) is 10.8. The zero-order chi connectivity index (χ0) is 36.6. The second-order valence-electron chi connectivity index (χ2n) is 13.1. The second kappa shape index (κ2) is 14.0. The molecule has 3 heterocycles. The van der Waals surface area contributed by atoms with Crippen LogP contribution >= 0.6 is 11.3 Å². The van der Waals surface area contributed by atoms with Gasteiger partial charge >= 0.3 is 0 Å². The van der Waals surface area contributed by atoms with E-state index in [1.165, 1.54) is 20.2 Å². The van der Waals surface area contributed by atoms with Crippen LogP contribution in [0.25, 0.3) is 99.6 Å². The zero-order valence-corrected chi connectivity index (χ0v) is 30.2. The third kappa shape index (κ3) is 6.33. The molecule has 0 fully saturated rings. The van der Waals surface area contributed by atoms with Gasteiger partial charge < -0.3 is 0 Å². The summed E-state index contributed by atoms with van der Waals surface area (Å²) in [7, 11) is 0. The largest absolute Gasteiger partial charge is 0.208 e. The average molecular weight is 723 g/mol. The fraction of sp³-hybridized carbons (Fsp3) is 0. The Balaban J connectivity index is 1.23. The number of fused-ring (bicyclic) bond motifs is 3. The van der Waals surface area contributed by atoms with Crippen LogP contribution in [0.4, 0.5) is 0 Å². The molecule has 0 aliphatic rings. The van der Waals surface area contributed by atoms with Gasteiger partial charge in [-0.25, -0.2) is 29.9 Å². The molecule has 0 N–H and O–H groups in total. The van der Waals surface area contributed by atoms with Crippen LogP contribution in [-0.4, -0.2) is 29.9 Å². The standard InChI is InChI=1S/C48H30N6S/c1-5-15-31(16-6-1)43-49-44(32-17-7-2-8-18-32)52-47(51-43)36-25-27-37(35-26-28-42-39(29-35)38-23-13-14-24-41(38)55-42)40(30-36)48-53-45(33-19-9-3-10-20-33)50-46(54-48)34-21-11-4-12-22-34/h1-30H. The van der Waals surface area contributed by atoms with Crippen molar-refractivity contribution in [2.75, 3.05) is 0 Å². The molecule has 0 amide bonds. The summed E-state index contributed by atoms with van der Waals surface area (Å²) < 4.78 is 2.51. The summed E-state index contributed by atoms with van der Waals surface area (Å²) in [6, 6.07) is 61.8. The SMILES string of the molecule is c1ccc(-c2nc(-c3ccccc3)nc(-c3ccc(-c4ccc5sc6ccccc6c5c4)c(-c4nc(-c5ccccc5)nc(-c5ccccc5)n4)c3)n2)cc1. The van der Waals surface area contributed by atoms with Gasteiger partial charge in [0.2, 0.25) is 0 Å². The summed E-state index contributed by atoms with van der Waals surface area (Å²) in [4.78, 5) is 30.4. The molecule has 6 nitrogen and oxygen atoms in total. The quantitative estimate of drug-likeness (QED) is 0.163. The first-order valence-electron chi connectivity index (χ1n) is 18.0. The van der Waals surface area contributed by atoms with Crippen molar-refractivity contribution in [1.82, 2.24) is 29.9 Å². The van der Waals surface area contributed by atoms with Gasteiger partial charge in [0.15, 0.2) is 34.9 Å². The average Bonchev–Trinajstić information content (AvgIpc) is 3.65. The minimum atomic E-state index is 0.556. The topological polar surface area (TPSA) is 77.3 Å². The monoisotopic (exact) mass is 722 g/mol. The van der Waals surface area contributed by atoms with E-state index >= 15 is 0 Å². The lowest BCUT2D eigenvalue weighted by atomic mass is 9.95. The lowest BCUT2D eigenvalue weighted by Crippen LogP contribution is -2.02. The minimum absolute atomic E-state index is 0.556. The van der Waals surface area contributed by atoms with E-state index < -0.39 is 0 Å². The van der Waals surface area contributed by atoms with Crippen molar-refractivity contribution in [2.24, 2.45) is 0 Å². The first-order valence-corrected chi connectivity index (χ1v) is 18.9. The lowest BCUT2D eigenvalue weighted by molar-refractivity contribution is 1.07. The van der Waals surface area contributed by atoms with Crippen LogP contribution in [0, 0.1) is 0 Å². The molecule has 0 saturated carbocycles. The van der Waals surface area contributed by atoms with Crippen molar-refractivity contribution >= 4 is 31.5 Å². The number of benzene rings is 7. The molecule has 0 aliphatic heterocycles. The summed E-state index contributed by atoms with van der Waals surface area (Å²) in [6.45, 7) is 0. The molecule has 7 aromatic carbocycles. The Morgan fingerprint density at radius 2 is 0.655 bits per heavy atom. The van der Waals surface area contributed by atoms with Crippen LogP contribution in [0.3, 0.4) is 0 Å². The molecule has 55 heavy (non-hydrogen) atoms. The molecule has 0 radical (unpaired) electrons. The molecule has 0 unspecified atom stereocenters. The fourth-order valence-corrected chi connectivity index (χ4v) is 7.97. The number of aromatic nitrogens is 6. The molecule has 7 heteroatoms. The van der Waals surface area contributed by atoms with Crippen molar-refractivity contribution in [2.45, 2.75) is 0 Å². The smallest absolute Gasteiger partial charge is 0.164 e. The van der Waals surface area contributed by atoms with E-state index in [2.05, 4.69) is 60.7 Å². The second-order valence-corrected chi connectivity index (χ2v) is 14.2. The van der Waals surface area contributed by atoms with Crippen molar-refractivity contribution < 1.29 is 0 Å². The highest BCUT2D eigenvalue weighted by molar-refractivity contribution is 7.25. The zero-order valence-electron chi connectivity index (χ0n) is 29.4.